The number of ketones is 3. The summed E-state index contributed by atoms with van der Waals surface area (Å²) in [4.78, 5) is 38.5. The predicted octanol–water partition coefficient (Wildman–Crippen LogP) is 1.20. The summed E-state index contributed by atoms with van der Waals surface area (Å²) in [6, 6.07) is 3.13. The highest BCUT2D eigenvalue weighted by molar-refractivity contribution is 6.42. The minimum absolute atomic E-state index is 0.263. The molecule has 0 N–H and O–H groups in total. The number of hydrogen-bond acceptors (Lipinski definition) is 4. The number of aromatic nitrogens is 1. The van der Waals surface area contributed by atoms with Crippen LogP contribution in [0.2, 0.25) is 0 Å². The molecular formula is C12H11NO3. The molecule has 0 radical (unpaired) electrons. The summed E-state index contributed by atoms with van der Waals surface area (Å²) in [5.74, 6) is -1.99. The van der Waals surface area contributed by atoms with Crippen LogP contribution in [0.15, 0.2) is 24.5 Å². The van der Waals surface area contributed by atoms with Gasteiger partial charge >= 0.3 is 0 Å². The van der Waals surface area contributed by atoms with Gasteiger partial charge in [0.15, 0.2) is 11.6 Å². The standard InChI is InChI=1S/C12H11NO3/c14-10-3-1-2-9(12(10)16)11(15)8-4-6-13-7-5-8/h4-7,9H,1-3H2. The van der Waals surface area contributed by atoms with Gasteiger partial charge in [-0.1, -0.05) is 0 Å². The molecule has 0 aliphatic heterocycles. The van der Waals surface area contributed by atoms with Crippen LogP contribution in [0.1, 0.15) is 29.6 Å². The largest absolute Gasteiger partial charge is 0.293 e. The van der Waals surface area contributed by atoms with Crippen molar-refractivity contribution in [2.24, 2.45) is 5.92 Å². The minimum Gasteiger partial charge on any atom is -0.293 e. The van der Waals surface area contributed by atoms with E-state index in [9.17, 15) is 14.4 Å². The van der Waals surface area contributed by atoms with Crippen LogP contribution in [0.25, 0.3) is 0 Å². The lowest BCUT2D eigenvalue weighted by Gasteiger charge is -2.17. The molecule has 1 aliphatic rings. The molecule has 1 aromatic heterocycles. The van der Waals surface area contributed by atoms with Gasteiger partial charge in [0.1, 0.15) is 0 Å². The maximum absolute atomic E-state index is 12.0. The molecule has 0 bridgehead atoms. The fourth-order valence-electron chi connectivity index (χ4n) is 1.88. The molecule has 0 amide bonds. The van der Waals surface area contributed by atoms with Gasteiger partial charge in [0.05, 0.1) is 5.92 Å². The van der Waals surface area contributed by atoms with Crippen LogP contribution in [0.5, 0.6) is 0 Å². The molecule has 16 heavy (non-hydrogen) atoms. The number of nitrogens with zero attached hydrogens (tertiary/aromatic N) is 1. The Bertz CT molecular complexity index is 439. The highest BCUT2D eigenvalue weighted by Crippen LogP contribution is 2.22. The van der Waals surface area contributed by atoms with Gasteiger partial charge in [-0.05, 0) is 25.0 Å². The van der Waals surface area contributed by atoms with E-state index in [0.717, 1.165) is 0 Å². The fourth-order valence-corrected chi connectivity index (χ4v) is 1.88. The maximum atomic E-state index is 12.0. The normalized spacial score (nSPS) is 20.9. The Hall–Kier alpha value is -1.84. The van der Waals surface area contributed by atoms with E-state index in [4.69, 9.17) is 0 Å². The first-order valence-electron chi connectivity index (χ1n) is 5.21. The number of carbonyl (C=O) groups excluding carboxylic acids is 3. The molecule has 1 aromatic rings. The zero-order valence-electron chi connectivity index (χ0n) is 8.68. The van der Waals surface area contributed by atoms with E-state index in [-0.39, 0.29) is 12.2 Å². The van der Waals surface area contributed by atoms with Crippen molar-refractivity contribution in [3.8, 4) is 0 Å². The molecule has 82 valence electrons. The van der Waals surface area contributed by atoms with Crippen LogP contribution in [0.3, 0.4) is 0 Å². The minimum atomic E-state index is -0.774. The summed E-state index contributed by atoms with van der Waals surface area (Å²) in [5.41, 5.74) is 0.447. The van der Waals surface area contributed by atoms with E-state index in [1.54, 1.807) is 12.1 Å². The third kappa shape index (κ3) is 1.91. The van der Waals surface area contributed by atoms with Crippen molar-refractivity contribution in [1.29, 1.82) is 0 Å². The SMILES string of the molecule is O=C1CCCC(C(=O)c2ccncc2)C1=O. The van der Waals surface area contributed by atoms with Gasteiger partial charge in [-0.2, -0.15) is 0 Å². The van der Waals surface area contributed by atoms with Crippen molar-refractivity contribution < 1.29 is 14.4 Å². The topological polar surface area (TPSA) is 64.1 Å². The smallest absolute Gasteiger partial charge is 0.209 e. The zero-order chi connectivity index (χ0) is 11.5. The second kappa shape index (κ2) is 4.35. The zero-order valence-corrected chi connectivity index (χ0v) is 8.68. The van der Waals surface area contributed by atoms with Crippen LogP contribution in [-0.4, -0.2) is 22.3 Å². The Morgan fingerprint density at radius 1 is 1.25 bits per heavy atom. The average molecular weight is 217 g/mol. The van der Waals surface area contributed by atoms with E-state index in [0.29, 0.717) is 18.4 Å². The second-order valence-electron chi connectivity index (χ2n) is 3.83. The van der Waals surface area contributed by atoms with Crippen molar-refractivity contribution in [2.45, 2.75) is 19.3 Å². The van der Waals surface area contributed by atoms with Crippen molar-refractivity contribution >= 4 is 17.3 Å². The van der Waals surface area contributed by atoms with E-state index in [1.165, 1.54) is 12.4 Å². The Labute approximate surface area is 92.7 Å². The molecule has 4 nitrogen and oxygen atoms in total. The van der Waals surface area contributed by atoms with Gasteiger partial charge in [-0.3, -0.25) is 19.4 Å². The number of rotatable bonds is 2. The first-order valence-corrected chi connectivity index (χ1v) is 5.21. The summed E-state index contributed by atoms with van der Waals surface area (Å²) in [6.45, 7) is 0. The molecular weight excluding hydrogens is 206 g/mol. The lowest BCUT2D eigenvalue weighted by atomic mass is 9.82. The predicted molar refractivity (Wildman–Crippen MR) is 55.9 cm³/mol. The maximum Gasteiger partial charge on any atom is 0.209 e. The van der Waals surface area contributed by atoms with Crippen molar-refractivity contribution in [3.63, 3.8) is 0 Å². The summed E-state index contributed by atoms with van der Waals surface area (Å²) in [6.07, 6.45) is 4.38. The van der Waals surface area contributed by atoms with E-state index < -0.39 is 17.5 Å². The third-order valence-corrected chi connectivity index (χ3v) is 2.77. The molecule has 0 aromatic carbocycles. The highest BCUT2D eigenvalue weighted by Gasteiger charge is 2.34. The molecule has 1 aliphatic carbocycles. The van der Waals surface area contributed by atoms with Crippen LogP contribution in [-0.2, 0) is 9.59 Å². The van der Waals surface area contributed by atoms with E-state index in [1.807, 2.05) is 0 Å². The van der Waals surface area contributed by atoms with Crippen molar-refractivity contribution in [3.05, 3.63) is 30.1 Å². The van der Waals surface area contributed by atoms with Crippen LogP contribution in [0.4, 0.5) is 0 Å². The highest BCUT2D eigenvalue weighted by atomic mass is 16.2. The van der Waals surface area contributed by atoms with E-state index in [2.05, 4.69) is 4.98 Å². The van der Waals surface area contributed by atoms with E-state index >= 15 is 0 Å². The summed E-state index contributed by atoms with van der Waals surface area (Å²) in [5, 5.41) is 0. The molecule has 1 saturated carbocycles. The van der Waals surface area contributed by atoms with Crippen LogP contribution >= 0.6 is 0 Å². The van der Waals surface area contributed by atoms with Gasteiger partial charge < -0.3 is 0 Å². The lowest BCUT2D eigenvalue weighted by Crippen LogP contribution is -2.34. The van der Waals surface area contributed by atoms with Crippen molar-refractivity contribution in [1.82, 2.24) is 4.98 Å². The Balaban J connectivity index is 2.22. The quantitative estimate of drug-likeness (QED) is 0.424. The molecule has 1 fully saturated rings. The van der Waals surface area contributed by atoms with Gasteiger partial charge in [0.25, 0.3) is 0 Å². The number of hydrogen-bond donors (Lipinski definition) is 0. The monoisotopic (exact) mass is 217 g/mol. The van der Waals surface area contributed by atoms with Crippen molar-refractivity contribution in [2.75, 3.05) is 0 Å². The first-order chi connectivity index (χ1) is 7.70. The molecule has 0 spiro atoms. The van der Waals surface area contributed by atoms with Gasteiger partial charge in [-0.15, -0.1) is 0 Å². The molecule has 4 heteroatoms. The summed E-state index contributed by atoms with van der Waals surface area (Å²) in [7, 11) is 0. The van der Waals surface area contributed by atoms with Crippen LogP contribution < -0.4 is 0 Å². The lowest BCUT2D eigenvalue weighted by molar-refractivity contribution is -0.139. The Morgan fingerprint density at radius 2 is 1.94 bits per heavy atom. The number of Topliss-reactive ketones (excluding diaryl/α,β-unsaturated/α-hetero) is 3. The molecule has 0 saturated heterocycles. The van der Waals surface area contributed by atoms with Gasteiger partial charge in [0, 0.05) is 24.4 Å². The molecule has 2 rings (SSSR count). The average Bonchev–Trinajstić information content (AvgIpc) is 2.33. The summed E-state index contributed by atoms with van der Waals surface area (Å²) < 4.78 is 0. The van der Waals surface area contributed by atoms with Gasteiger partial charge in [0.2, 0.25) is 5.78 Å². The number of carbonyl (C=O) groups is 3. The summed E-state index contributed by atoms with van der Waals surface area (Å²) >= 11 is 0. The molecule has 1 atom stereocenters. The second-order valence-corrected chi connectivity index (χ2v) is 3.83. The Kier molecular flexibility index (Phi) is 2.90. The van der Waals surface area contributed by atoms with Crippen LogP contribution in [0, 0.1) is 5.92 Å². The molecule has 1 heterocycles. The fraction of sp³-hybridized carbons (Fsp3) is 0.333. The molecule has 1 unspecified atom stereocenters. The Morgan fingerprint density at radius 3 is 2.62 bits per heavy atom. The third-order valence-electron chi connectivity index (χ3n) is 2.77. The van der Waals surface area contributed by atoms with Gasteiger partial charge in [-0.25, -0.2) is 0 Å². The number of pyridine rings is 1. The first kappa shape index (κ1) is 10.7.